The first kappa shape index (κ1) is 76.7. The van der Waals surface area contributed by atoms with Crippen LogP contribution >= 0.6 is 35.3 Å². The third kappa shape index (κ3) is 50.0. The molecule has 0 saturated heterocycles. The highest BCUT2D eigenvalue weighted by Gasteiger charge is 2.19. The second-order valence-corrected chi connectivity index (χ2v) is 24.8. The van der Waals surface area contributed by atoms with E-state index in [2.05, 4.69) is 40.4 Å². The van der Waals surface area contributed by atoms with Crippen molar-refractivity contribution in [1.82, 2.24) is 19.6 Å². The molecular weight excluding hydrogens is 1060 g/mol. The summed E-state index contributed by atoms with van der Waals surface area (Å²) in [6.07, 6.45) is 23.1. The van der Waals surface area contributed by atoms with Crippen LogP contribution in [-0.2, 0) is 57.2 Å². The molecule has 79 heavy (non-hydrogen) atoms. The van der Waals surface area contributed by atoms with E-state index >= 15 is 0 Å². The zero-order valence-corrected chi connectivity index (χ0v) is 53.8. The van der Waals surface area contributed by atoms with Gasteiger partial charge in [0.2, 0.25) is 0 Å². The third-order valence-electron chi connectivity index (χ3n) is 13.5. The second-order valence-electron chi connectivity index (χ2n) is 21.4. The Morgan fingerprint density at radius 3 is 0.835 bits per heavy atom. The van der Waals surface area contributed by atoms with Gasteiger partial charge in [-0.1, -0.05) is 138 Å². The normalized spacial score (nSPS) is 12.7. The first-order valence-corrected chi connectivity index (χ1v) is 34.1. The molecule has 3 unspecified atom stereocenters. The lowest BCUT2D eigenvalue weighted by molar-refractivity contribution is -0.154. The number of nitrogens with zero attached hydrogens (tertiary/aromatic N) is 4. The zero-order chi connectivity index (χ0) is 58.6. The van der Waals surface area contributed by atoms with Gasteiger partial charge in [-0.2, -0.15) is 35.3 Å². The SMILES string of the molecule is CCCCCCCCSCC(C)C(=O)OCCOC(=O)CCN(C)CCN(CCN(C)CCC(=O)OCCOC(=O)C(C)CSCCCCCCCC)CCN(C)CCC(=O)OCCOC(=O)C(C)CSCCCCCCCC. The van der Waals surface area contributed by atoms with E-state index in [-0.39, 0.29) is 112 Å². The van der Waals surface area contributed by atoms with Gasteiger partial charge in [-0.25, -0.2) is 0 Å². The Hall–Kier alpha value is -2.29. The van der Waals surface area contributed by atoms with Crippen molar-refractivity contribution >= 4 is 71.1 Å². The number of ether oxygens (including phenoxy) is 6. The number of carbonyl (C=O) groups excluding carboxylic acids is 6. The highest BCUT2D eigenvalue weighted by Crippen LogP contribution is 2.17. The number of hydrogen-bond donors (Lipinski definition) is 0. The number of rotatable bonds is 57. The van der Waals surface area contributed by atoms with Crippen LogP contribution in [0.2, 0.25) is 0 Å². The fraction of sp³-hybridized carbons (Fsp3) is 0.900. The molecule has 19 heteroatoms. The summed E-state index contributed by atoms with van der Waals surface area (Å²) in [5.74, 6) is 2.84. The molecule has 16 nitrogen and oxygen atoms in total. The highest BCUT2D eigenvalue weighted by molar-refractivity contribution is 7.99. The number of hydrogen-bond acceptors (Lipinski definition) is 19. The van der Waals surface area contributed by atoms with Crippen LogP contribution in [0.1, 0.15) is 176 Å². The number of esters is 6. The summed E-state index contributed by atoms with van der Waals surface area (Å²) in [4.78, 5) is 83.8. The van der Waals surface area contributed by atoms with Gasteiger partial charge < -0.3 is 43.1 Å². The van der Waals surface area contributed by atoms with Gasteiger partial charge in [0, 0.05) is 76.2 Å². The van der Waals surface area contributed by atoms with E-state index in [1.165, 1.54) is 116 Å². The number of unbranched alkanes of at least 4 members (excludes halogenated alkanes) is 15. The molecular formula is C60H114N4O12S3. The van der Waals surface area contributed by atoms with Crippen molar-refractivity contribution in [2.75, 3.05) is 154 Å². The molecule has 0 aliphatic carbocycles. The van der Waals surface area contributed by atoms with E-state index in [9.17, 15) is 28.8 Å². The van der Waals surface area contributed by atoms with Gasteiger partial charge >= 0.3 is 35.8 Å². The zero-order valence-electron chi connectivity index (χ0n) is 51.3. The van der Waals surface area contributed by atoms with E-state index < -0.39 is 0 Å². The van der Waals surface area contributed by atoms with Crippen LogP contribution in [0.3, 0.4) is 0 Å². The summed E-state index contributed by atoms with van der Waals surface area (Å²) in [6, 6.07) is 0. The van der Waals surface area contributed by atoms with Gasteiger partial charge in [0.05, 0.1) is 37.0 Å². The maximum absolute atomic E-state index is 12.6. The lowest BCUT2D eigenvalue weighted by Gasteiger charge is -2.29. The Balaban J connectivity index is 4.87. The minimum Gasteiger partial charge on any atom is -0.462 e. The Bertz CT molecular complexity index is 1350. The monoisotopic (exact) mass is 1180 g/mol. The van der Waals surface area contributed by atoms with Gasteiger partial charge in [-0.15, -0.1) is 0 Å². The fourth-order valence-corrected chi connectivity index (χ4v) is 11.1. The maximum atomic E-state index is 12.6. The van der Waals surface area contributed by atoms with Crippen LogP contribution in [-0.4, -0.2) is 210 Å². The molecule has 0 aromatic heterocycles. The Kier molecular flexibility index (Phi) is 53.3. The molecule has 0 aromatic carbocycles. The topological polar surface area (TPSA) is 171 Å². The van der Waals surface area contributed by atoms with E-state index in [0.717, 1.165) is 34.5 Å². The van der Waals surface area contributed by atoms with Crippen molar-refractivity contribution in [2.45, 2.75) is 176 Å². The molecule has 0 bridgehead atoms. The largest absolute Gasteiger partial charge is 0.462 e. The summed E-state index contributed by atoms with van der Waals surface area (Å²) >= 11 is 5.36. The minimum absolute atomic E-state index is 0.0252. The molecule has 0 aliphatic rings. The average molecular weight is 1180 g/mol. The Labute approximate surface area is 493 Å². The predicted molar refractivity (Wildman–Crippen MR) is 328 cm³/mol. The van der Waals surface area contributed by atoms with Gasteiger partial charge in [-0.3, -0.25) is 33.7 Å². The summed E-state index contributed by atoms with van der Waals surface area (Å²) < 4.78 is 32.3. The summed E-state index contributed by atoms with van der Waals surface area (Å²) in [6.45, 7) is 18.2. The summed E-state index contributed by atoms with van der Waals surface area (Å²) in [5, 5.41) is 0. The lowest BCUT2D eigenvalue weighted by atomic mass is 10.1. The van der Waals surface area contributed by atoms with Crippen molar-refractivity contribution in [1.29, 1.82) is 0 Å². The first-order chi connectivity index (χ1) is 38.1. The average Bonchev–Trinajstić information content (AvgIpc) is 3.43. The predicted octanol–water partition coefficient (Wildman–Crippen LogP) is 10.7. The molecule has 0 aromatic rings. The molecule has 0 saturated carbocycles. The smallest absolute Gasteiger partial charge is 0.309 e. The van der Waals surface area contributed by atoms with Gasteiger partial charge in [0.1, 0.15) is 39.6 Å². The van der Waals surface area contributed by atoms with Crippen molar-refractivity contribution in [3.05, 3.63) is 0 Å². The second kappa shape index (κ2) is 54.9. The van der Waals surface area contributed by atoms with Crippen molar-refractivity contribution in [3.63, 3.8) is 0 Å². The fourth-order valence-electron chi connectivity index (χ4n) is 7.93. The molecule has 3 atom stereocenters. The Morgan fingerprint density at radius 1 is 0.329 bits per heavy atom. The summed E-state index contributed by atoms with van der Waals surface area (Å²) in [7, 11) is 5.89. The van der Waals surface area contributed by atoms with Crippen LogP contribution < -0.4 is 0 Å². The molecule has 0 rings (SSSR count). The third-order valence-corrected chi connectivity index (χ3v) is 17.4. The number of carbonyl (C=O) groups is 6. The van der Waals surface area contributed by atoms with Crippen LogP contribution in [0.15, 0.2) is 0 Å². The standard InChI is InChI=1S/C60H114N4O12S3/c1-10-13-16-19-22-25-46-77-49-52(4)58(68)74-43-40-71-55(65)28-31-61(7)34-37-64(38-35-62(8)32-29-56(66)72-41-44-75-59(69)53(5)50-78-47-26-23-20-17-14-11-2)39-36-63(9)33-30-57(67)73-42-45-76-60(70)54(6)51-79-48-27-24-21-18-15-12-3/h52-54H,10-51H2,1-9H3. The first-order valence-electron chi connectivity index (χ1n) is 30.6. The van der Waals surface area contributed by atoms with Gasteiger partial charge in [-0.05, 0) is 57.7 Å². The molecule has 0 amide bonds. The van der Waals surface area contributed by atoms with E-state index in [4.69, 9.17) is 28.4 Å². The van der Waals surface area contributed by atoms with Crippen molar-refractivity contribution in [3.8, 4) is 0 Å². The van der Waals surface area contributed by atoms with Gasteiger partial charge in [0.15, 0.2) is 0 Å². The van der Waals surface area contributed by atoms with Crippen LogP contribution in [0.4, 0.5) is 0 Å². The molecule has 0 N–H and O–H groups in total. The maximum Gasteiger partial charge on any atom is 0.309 e. The molecule has 0 aliphatic heterocycles. The van der Waals surface area contributed by atoms with E-state index in [0.29, 0.717) is 58.9 Å². The molecule has 0 radical (unpaired) electrons. The van der Waals surface area contributed by atoms with Crippen molar-refractivity contribution in [2.24, 2.45) is 17.8 Å². The lowest BCUT2D eigenvalue weighted by Crippen LogP contribution is -2.42. The number of thioether (sulfide) groups is 3. The molecule has 0 spiro atoms. The summed E-state index contributed by atoms with van der Waals surface area (Å²) in [5.41, 5.74) is 0. The van der Waals surface area contributed by atoms with Gasteiger partial charge in [0.25, 0.3) is 0 Å². The van der Waals surface area contributed by atoms with E-state index in [1.807, 2.05) is 41.9 Å². The minimum atomic E-state index is -0.346. The Morgan fingerprint density at radius 2 is 0.570 bits per heavy atom. The molecule has 0 fully saturated rings. The quantitative estimate of drug-likeness (QED) is 0.0320. The highest BCUT2D eigenvalue weighted by atomic mass is 32.2. The van der Waals surface area contributed by atoms with Crippen molar-refractivity contribution < 1.29 is 57.2 Å². The van der Waals surface area contributed by atoms with Crippen LogP contribution in [0.25, 0.3) is 0 Å². The van der Waals surface area contributed by atoms with Crippen LogP contribution in [0.5, 0.6) is 0 Å². The molecule has 464 valence electrons. The van der Waals surface area contributed by atoms with Crippen LogP contribution in [0, 0.1) is 17.8 Å². The molecule has 0 heterocycles. The van der Waals surface area contributed by atoms with E-state index in [1.54, 1.807) is 35.3 Å². The number of likely N-dealkylation sites (N-methyl/N-ethyl adjacent to an activating group) is 3.